The average molecular weight is 390 g/mol. The van der Waals surface area contributed by atoms with Gasteiger partial charge in [0.25, 0.3) is 0 Å². The van der Waals surface area contributed by atoms with Gasteiger partial charge in [0.1, 0.15) is 6.04 Å². The molecule has 0 saturated carbocycles. The van der Waals surface area contributed by atoms with Crippen LogP contribution < -0.4 is 5.32 Å². The molecule has 0 bridgehead atoms. The number of nitrogens with zero attached hydrogens (tertiary/aromatic N) is 1. The number of amides is 2. The number of hydrogen-bond donors (Lipinski definition) is 3. The summed E-state index contributed by atoms with van der Waals surface area (Å²) in [5.74, 6) is -0.799. The van der Waals surface area contributed by atoms with Crippen LogP contribution in [0.1, 0.15) is 50.8 Å². The molecule has 0 aliphatic heterocycles. The number of alkyl halides is 3. The number of aliphatic hydroxyl groups is 1. The van der Waals surface area contributed by atoms with Gasteiger partial charge < -0.3 is 15.5 Å². The normalized spacial score (nSPS) is 13.1. The second-order valence-electron chi connectivity index (χ2n) is 6.89. The molecule has 152 valence electrons. The molecule has 0 saturated heterocycles. The lowest BCUT2D eigenvalue weighted by molar-refractivity contribution is -0.138. The number of carboxylic acid groups (broad SMARTS) is 1. The van der Waals surface area contributed by atoms with Gasteiger partial charge in [-0.1, -0.05) is 25.5 Å². The molecular weight excluding hydrogens is 365 g/mol. The van der Waals surface area contributed by atoms with E-state index in [0.29, 0.717) is 12.8 Å². The molecular formula is C18H25F3N2O4. The zero-order valence-corrected chi connectivity index (χ0v) is 15.5. The third-order valence-corrected chi connectivity index (χ3v) is 3.94. The number of nitrogens with one attached hydrogen (secondary N) is 1. The summed E-state index contributed by atoms with van der Waals surface area (Å²) in [6.45, 7) is 4.43. The van der Waals surface area contributed by atoms with Crippen LogP contribution in [0.25, 0.3) is 0 Å². The molecule has 0 radical (unpaired) electrons. The molecule has 1 unspecified atom stereocenters. The first-order valence-electron chi connectivity index (χ1n) is 8.52. The minimum atomic E-state index is -4.63. The summed E-state index contributed by atoms with van der Waals surface area (Å²) in [7, 11) is 0. The maximum absolute atomic E-state index is 13.1. The van der Waals surface area contributed by atoms with Crippen LogP contribution in [0.4, 0.5) is 18.0 Å². The summed E-state index contributed by atoms with van der Waals surface area (Å²) in [4.78, 5) is 25.3. The number of aliphatic hydroxyl groups excluding tert-OH is 1. The van der Waals surface area contributed by atoms with Crippen molar-refractivity contribution in [1.29, 1.82) is 0 Å². The van der Waals surface area contributed by atoms with Crippen molar-refractivity contribution in [1.82, 2.24) is 10.2 Å². The first-order chi connectivity index (χ1) is 12.4. The van der Waals surface area contributed by atoms with Crippen LogP contribution in [-0.2, 0) is 11.0 Å². The molecule has 1 rings (SSSR count). The second kappa shape index (κ2) is 9.07. The Morgan fingerprint density at radius 3 is 2.37 bits per heavy atom. The fourth-order valence-electron chi connectivity index (χ4n) is 2.46. The minimum Gasteiger partial charge on any atom is -0.465 e. The molecule has 2 amide bonds. The van der Waals surface area contributed by atoms with Crippen LogP contribution >= 0.6 is 0 Å². The Kier molecular flexibility index (Phi) is 7.65. The van der Waals surface area contributed by atoms with Gasteiger partial charge in [-0.25, -0.2) is 4.79 Å². The molecule has 0 aromatic heterocycles. The van der Waals surface area contributed by atoms with Gasteiger partial charge in [0.15, 0.2) is 0 Å². The number of halogens is 3. The van der Waals surface area contributed by atoms with Gasteiger partial charge >= 0.3 is 12.3 Å². The molecule has 1 atom stereocenters. The molecule has 0 spiro atoms. The number of unbranched alkanes of at least 4 members (excludes halogenated alkanes) is 1. The molecule has 9 heteroatoms. The lowest BCUT2D eigenvalue weighted by Gasteiger charge is -2.32. The quantitative estimate of drug-likeness (QED) is 0.635. The van der Waals surface area contributed by atoms with E-state index in [0.717, 1.165) is 23.1 Å². The standard InChI is InChI=1S/C18H25F3N2O4/c1-4-5-9-23(16(26)27)14(15(25)22-17(2,3)11-24)12-7-6-8-13(10-12)18(19,20)21/h6-8,10,14,24H,4-5,9,11H2,1-3H3,(H,22,25)(H,26,27). The third kappa shape index (κ3) is 6.42. The van der Waals surface area contributed by atoms with E-state index >= 15 is 0 Å². The van der Waals surface area contributed by atoms with Crippen LogP contribution in [-0.4, -0.2) is 45.8 Å². The van der Waals surface area contributed by atoms with Gasteiger partial charge in [-0.15, -0.1) is 0 Å². The lowest BCUT2D eigenvalue weighted by atomic mass is 9.99. The fraction of sp³-hybridized carbons (Fsp3) is 0.556. The summed E-state index contributed by atoms with van der Waals surface area (Å²) in [6.07, 6.45) is -4.96. The predicted molar refractivity (Wildman–Crippen MR) is 93.1 cm³/mol. The van der Waals surface area contributed by atoms with Gasteiger partial charge in [-0.05, 0) is 38.0 Å². The monoisotopic (exact) mass is 390 g/mol. The van der Waals surface area contributed by atoms with Crippen molar-refractivity contribution in [3.63, 3.8) is 0 Å². The van der Waals surface area contributed by atoms with E-state index in [4.69, 9.17) is 0 Å². The Morgan fingerprint density at radius 2 is 1.89 bits per heavy atom. The van der Waals surface area contributed by atoms with Gasteiger partial charge in [0.05, 0.1) is 17.7 Å². The van der Waals surface area contributed by atoms with Gasteiger partial charge in [0.2, 0.25) is 5.91 Å². The summed E-state index contributed by atoms with van der Waals surface area (Å²) in [5.41, 5.74) is -2.12. The fourth-order valence-corrected chi connectivity index (χ4v) is 2.46. The zero-order valence-electron chi connectivity index (χ0n) is 15.5. The Labute approximate surface area is 156 Å². The Balaban J connectivity index is 3.40. The van der Waals surface area contributed by atoms with Crippen molar-refractivity contribution >= 4 is 12.0 Å². The molecule has 0 heterocycles. The Morgan fingerprint density at radius 1 is 1.26 bits per heavy atom. The topological polar surface area (TPSA) is 89.9 Å². The number of benzene rings is 1. The highest BCUT2D eigenvalue weighted by Crippen LogP contribution is 2.32. The molecule has 6 nitrogen and oxygen atoms in total. The zero-order chi connectivity index (χ0) is 20.8. The SMILES string of the molecule is CCCCN(C(=O)O)C(C(=O)NC(C)(C)CO)c1cccc(C(F)(F)F)c1. The second-order valence-corrected chi connectivity index (χ2v) is 6.89. The largest absolute Gasteiger partial charge is 0.465 e. The van der Waals surface area contributed by atoms with E-state index in [1.54, 1.807) is 0 Å². The summed E-state index contributed by atoms with van der Waals surface area (Å²) in [6, 6.07) is 2.58. The van der Waals surface area contributed by atoms with Crippen LogP contribution in [0.3, 0.4) is 0 Å². The third-order valence-electron chi connectivity index (χ3n) is 3.94. The van der Waals surface area contributed by atoms with Gasteiger partial charge in [-0.3, -0.25) is 9.69 Å². The predicted octanol–water partition coefficient (Wildman–Crippen LogP) is 3.41. The highest BCUT2D eigenvalue weighted by atomic mass is 19.4. The number of carbonyl (C=O) groups is 2. The van der Waals surface area contributed by atoms with Crippen molar-refractivity contribution in [2.45, 2.75) is 51.4 Å². The number of carbonyl (C=O) groups excluding carboxylic acids is 1. The van der Waals surface area contributed by atoms with Gasteiger partial charge in [-0.2, -0.15) is 13.2 Å². The number of rotatable bonds is 8. The molecule has 0 fully saturated rings. The van der Waals surface area contributed by atoms with Crippen molar-refractivity contribution in [2.75, 3.05) is 13.2 Å². The Bertz CT molecular complexity index is 662. The molecule has 3 N–H and O–H groups in total. The van der Waals surface area contributed by atoms with Crippen molar-refractivity contribution in [3.8, 4) is 0 Å². The van der Waals surface area contributed by atoms with E-state index in [1.165, 1.54) is 19.9 Å². The molecule has 1 aromatic rings. The van der Waals surface area contributed by atoms with E-state index in [-0.39, 0.29) is 12.1 Å². The summed E-state index contributed by atoms with van der Waals surface area (Å²) < 4.78 is 39.2. The Hall–Kier alpha value is -2.29. The van der Waals surface area contributed by atoms with E-state index in [2.05, 4.69) is 5.32 Å². The van der Waals surface area contributed by atoms with Crippen LogP contribution in [0.5, 0.6) is 0 Å². The summed E-state index contributed by atoms with van der Waals surface area (Å²) >= 11 is 0. The van der Waals surface area contributed by atoms with Crippen molar-refractivity contribution in [2.24, 2.45) is 0 Å². The number of hydrogen-bond acceptors (Lipinski definition) is 3. The van der Waals surface area contributed by atoms with Crippen LogP contribution in [0.2, 0.25) is 0 Å². The highest BCUT2D eigenvalue weighted by Gasteiger charge is 2.36. The first-order valence-corrected chi connectivity index (χ1v) is 8.52. The summed E-state index contributed by atoms with van der Waals surface area (Å²) in [5, 5.41) is 21.4. The minimum absolute atomic E-state index is 0.0142. The smallest absolute Gasteiger partial charge is 0.416 e. The van der Waals surface area contributed by atoms with Crippen LogP contribution in [0.15, 0.2) is 24.3 Å². The van der Waals surface area contributed by atoms with Crippen molar-refractivity contribution < 1.29 is 33.0 Å². The lowest BCUT2D eigenvalue weighted by Crippen LogP contribution is -2.52. The van der Waals surface area contributed by atoms with Crippen LogP contribution in [0, 0.1) is 0 Å². The van der Waals surface area contributed by atoms with E-state index in [9.17, 15) is 33.0 Å². The molecule has 1 aromatic carbocycles. The van der Waals surface area contributed by atoms with E-state index in [1.807, 2.05) is 6.92 Å². The highest BCUT2D eigenvalue weighted by molar-refractivity contribution is 5.87. The maximum atomic E-state index is 13.1. The molecule has 0 aliphatic carbocycles. The van der Waals surface area contributed by atoms with E-state index < -0.39 is 41.9 Å². The first kappa shape index (κ1) is 22.8. The maximum Gasteiger partial charge on any atom is 0.416 e. The van der Waals surface area contributed by atoms with Gasteiger partial charge in [0, 0.05) is 6.54 Å². The molecule has 0 aliphatic rings. The van der Waals surface area contributed by atoms with Crippen molar-refractivity contribution in [3.05, 3.63) is 35.4 Å². The molecule has 27 heavy (non-hydrogen) atoms. The average Bonchev–Trinajstić information content (AvgIpc) is 2.57.